The zero-order valence-corrected chi connectivity index (χ0v) is 12.3. The van der Waals surface area contributed by atoms with Crippen molar-refractivity contribution in [2.24, 2.45) is 0 Å². The van der Waals surface area contributed by atoms with Crippen molar-refractivity contribution in [1.82, 2.24) is 0 Å². The molecule has 0 radical (unpaired) electrons. The Morgan fingerprint density at radius 3 is 2.65 bits per heavy atom. The summed E-state index contributed by atoms with van der Waals surface area (Å²) in [7, 11) is 1.26. The van der Waals surface area contributed by atoms with Crippen molar-refractivity contribution in [2.45, 2.75) is 10.4 Å². The molecule has 0 bridgehead atoms. The minimum atomic E-state index is -4.33. The SMILES string of the molecule is COC(=O)C(=CNc1cccc(SC(F)(F)F)c1)SC. The van der Waals surface area contributed by atoms with Crippen molar-refractivity contribution in [2.75, 3.05) is 18.7 Å². The molecule has 0 spiro atoms. The Balaban J connectivity index is 2.80. The van der Waals surface area contributed by atoms with Crippen LogP contribution in [0.2, 0.25) is 0 Å². The van der Waals surface area contributed by atoms with Gasteiger partial charge in [-0.25, -0.2) is 4.79 Å². The van der Waals surface area contributed by atoms with Crippen LogP contribution in [-0.2, 0) is 9.53 Å². The van der Waals surface area contributed by atoms with E-state index in [0.717, 1.165) is 0 Å². The van der Waals surface area contributed by atoms with E-state index in [0.29, 0.717) is 10.6 Å². The van der Waals surface area contributed by atoms with Crippen LogP contribution in [0, 0.1) is 0 Å². The first kappa shape index (κ1) is 16.8. The maximum atomic E-state index is 12.3. The third kappa shape index (κ3) is 5.79. The molecule has 0 amide bonds. The van der Waals surface area contributed by atoms with Crippen LogP contribution in [0.4, 0.5) is 18.9 Å². The van der Waals surface area contributed by atoms with Crippen molar-refractivity contribution >= 4 is 35.2 Å². The summed E-state index contributed by atoms with van der Waals surface area (Å²) in [6.45, 7) is 0. The lowest BCUT2D eigenvalue weighted by molar-refractivity contribution is -0.135. The van der Waals surface area contributed by atoms with Crippen LogP contribution in [-0.4, -0.2) is 24.8 Å². The number of thioether (sulfide) groups is 2. The molecule has 1 aromatic carbocycles. The zero-order chi connectivity index (χ0) is 15.2. The van der Waals surface area contributed by atoms with Gasteiger partial charge in [0, 0.05) is 16.8 Å². The molecule has 1 N–H and O–H groups in total. The number of methoxy groups -OCH3 is 1. The number of alkyl halides is 3. The van der Waals surface area contributed by atoms with Gasteiger partial charge in [-0.1, -0.05) is 6.07 Å². The summed E-state index contributed by atoms with van der Waals surface area (Å²) in [5.41, 5.74) is -3.88. The predicted octanol–water partition coefficient (Wildman–Crippen LogP) is 4.09. The first-order chi connectivity index (χ1) is 9.35. The smallest absolute Gasteiger partial charge is 0.446 e. The van der Waals surface area contributed by atoms with Gasteiger partial charge in [0.05, 0.1) is 7.11 Å². The number of esters is 1. The van der Waals surface area contributed by atoms with Gasteiger partial charge in [0.2, 0.25) is 0 Å². The van der Waals surface area contributed by atoms with Crippen LogP contribution in [0.3, 0.4) is 0 Å². The second-order valence-electron chi connectivity index (χ2n) is 3.42. The first-order valence-corrected chi connectivity index (χ1v) is 7.34. The highest BCUT2D eigenvalue weighted by molar-refractivity contribution is 8.03. The molecule has 0 aliphatic heterocycles. The monoisotopic (exact) mass is 323 g/mol. The lowest BCUT2D eigenvalue weighted by Gasteiger charge is -2.08. The summed E-state index contributed by atoms with van der Waals surface area (Å²) in [5, 5.41) is 2.77. The number of hydrogen-bond acceptors (Lipinski definition) is 5. The van der Waals surface area contributed by atoms with Crippen molar-refractivity contribution in [1.29, 1.82) is 0 Å². The van der Waals surface area contributed by atoms with Crippen molar-refractivity contribution in [3.05, 3.63) is 35.4 Å². The third-order valence-corrected chi connectivity index (χ3v) is 3.49. The summed E-state index contributed by atoms with van der Waals surface area (Å²) in [6, 6.07) is 5.82. The number of carbonyl (C=O) groups is 1. The van der Waals surface area contributed by atoms with E-state index in [1.807, 2.05) is 0 Å². The molecule has 0 heterocycles. The number of ether oxygens (including phenoxy) is 1. The number of rotatable bonds is 5. The standard InChI is InChI=1S/C12H12F3NO2S2/c1-18-11(17)10(19-2)7-16-8-4-3-5-9(6-8)20-12(13,14)15/h3-7,16H,1-2H3. The molecule has 0 saturated carbocycles. The largest absolute Gasteiger partial charge is 0.465 e. The number of halogens is 3. The fraction of sp³-hybridized carbons (Fsp3) is 0.250. The van der Waals surface area contributed by atoms with Crippen molar-refractivity contribution < 1.29 is 22.7 Å². The van der Waals surface area contributed by atoms with Gasteiger partial charge in [-0.2, -0.15) is 13.2 Å². The Labute approximate surface area is 122 Å². The van der Waals surface area contributed by atoms with Gasteiger partial charge >= 0.3 is 11.5 Å². The molecule has 0 fully saturated rings. The lowest BCUT2D eigenvalue weighted by Crippen LogP contribution is -2.04. The zero-order valence-electron chi connectivity index (χ0n) is 10.7. The van der Waals surface area contributed by atoms with Gasteiger partial charge in [-0.05, 0) is 36.2 Å². The Hall–Kier alpha value is -1.28. The molecule has 1 aromatic rings. The molecule has 8 heteroatoms. The highest BCUT2D eigenvalue weighted by Crippen LogP contribution is 2.37. The molecule has 0 aromatic heterocycles. The molecule has 20 heavy (non-hydrogen) atoms. The molecule has 0 unspecified atom stereocenters. The van der Waals surface area contributed by atoms with E-state index >= 15 is 0 Å². The van der Waals surface area contributed by atoms with Crippen molar-refractivity contribution in [3.8, 4) is 0 Å². The summed E-state index contributed by atoms with van der Waals surface area (Å²) in [5.74, 6) is -0.508. The molecule has 0 atom stereocenters. The predicted molar refractivity (Wildman–Crippen MR) is 75.6 cm³/mol. The number of hydrogen-bond donors (Lipinski definition) is 1. The van der Waals surface area contributed by atoms with E-state index < -0.39 is 11.5 Å². The highest BCUT2D eigenvalue weighted by Gasteiger charge is 2.29. The Morgan fingerprint density at radius 1 is 1.40 bits per heavy atom. The van der Waals surface area contributed by atoms with Crippen LogP contribution in [0.15, 0.2) is 40.3 Å². The molecular formula is C12H12F3NO2S2. The molecule has 0 aliphatic carbocycles. The third-order valence-electron chi connectivity index (χ3n) is 2.04. The fourth-order valence-electron chi connectivity index (χ4n) is 1.23. The second-order valence-corrected chi connectivity index (χ2v) is 5.41. The van der Waals surface area contributed by atoms with Crippen LogP contribution >= 0.6 is 23.5 Å². The molecule has 0 saturated heterocycles. The summed E-state index contributed by atoms with van der Waals surface area (Å²) in [4.78, 5) is 11.7. The van der Waals surface area contributed by atoms with Crippen molar-refractivity contribution in [3.63, 3.8) is 0 Å². The van der Waals surface area contributed by atoms with Gasteiger partial charge in [-0.15, -0.1) is 11.8 Å². The van der Waals surface area contributed by atoms with E-state index in [1.165, 1.54) is 43.3 Å². The summed E-state index contributed by atoms with van der Waals surface area (Å²) >= 11 is 0.983. The average Bonchev–Trinajstić information content (AvgIpc) is 2.37. The van der Waals surface area contributed by atoms with Gasteiger partial charge in [0.25, 0.3) is 0 Å². The van der Waals surface area contributed by atoms with E-state index in [9.17, 15) is 18.0 Å². The minimum Gasteiger partial charge on any atom is -0.465 e. The summed E-state index contributed by atoms with van der Waals surface area (Å²) in [6.07, 6.45) is 3.09. The van der Waals surface area contributed by atoms with Crippen LogP contribution < -0.4 is 5.32 Å². The van der Waals surface area contributed by atoms with Crippen LogP contribution in [0.5, 0.6) is 0 Å². The number of carbonyl (C=O) groups excluding carboxylic acids is 1. The van der Waals surface area contributed by atoms with Gasteiger partial charge in [0.1, 0.15) is 4.91 Å². The van der Waals surface area contributed by atoms with Gasteiger partial charge < -0.3 is 10.1 Å². The maximum Gasteiger partial charge on any atom is 0.446 e. The minimum absolute atomic E-state index is 0.0691. The normalized spacial score (nSPS) is 12.2. The van der Waals surface area contributed by atoms with E-state index in [-0.39, 0.29) is 16.7 Å². The van der Waals surface area contributed by atoms with E-state index in [2.05, 4.69) is 10.1 Å². The number of nitrogens with one attached hydrogen (secondary N) is 1. The molecule has 0 aliphatic rings. The lowest BCUT2D eigenvalue weighted by atomic mass is 10.3. The Kier molecular flexibility index (Phi) is 6.28. The Bertz CT molecular complexity index is 504. The molecule has 3 nitrogen and oxygen atoms in total. The van der Waals surface area contributed by atoms with Crippen LogP contribution in [0.1, 0.15) is 0 Å². The fourth-order valence-corrected chi connectivity index (χ4v) is 2.26. The quantitative estimate of drug-likeness (QED) is 0.502. The van der Waals surface area contributed by atoms with Gasteiger partial charge in [0.15, 0.2) is 0 Å². The van der Waals surface area contributed by atoms with E-state index in [1.54, 1.807) is 12.3 Å². The average molecular weight is 323 g/mol. The van der Waals surface area contributed by atoms with Crippen LogP contribution in [0.25, 0.3) is 0 Å². The number of anilines is 1. The topological polar surface area (TPSA) is 38.3 Å². The second kappa shape index (κ2) is 7.49. The molecule has 1 rings (SSSR count). The van der Waals surface area contributed by atoms with Gasteiger partial charge in [-0.3, -0.25) is 0 Å². The molecular weight excluding hydrogens is 311 g/mol. The van der Waals surface area contributed by atoms with E-state index in [4.69, 9.17) is 0 Å². The summed E-state index contributed by atoms with van der Waals surface area (Å²) < 4.78 is 41.3. The highest BCUT2D eigenvalue weighted by atomic mass is 32.2. The number of benzene rings is 1. The Morgan fingerprint density at radius 2 is 2.10 bits per heavy atom. The maximum absolute atomic E-state index is 12.3. The first-order valence-electron chi connectivity index (χ1n) is 5.30. The molecule has 110 valence electrons.